The highest BCUT2D eigenvalue weighted by Crippen LogP contribution is 2.41. The number of pyridine rings is 2. The summed E-state index contributed by atoms with van der Waals surface area (Å²) in [6.45, 7) is 7.38. The number of nitrogens with zero attached hydrogens (tertiary/aromatic N) is 4. The number of amides is 1. The zero-order chi connectivity index (χ0) is 37.9. The molecule has 9 rings (SSSR count). The van der Waals surface area contributed by atoms with Gasteiger partial charge in [0.05, 0.1) is 29.0 Å². The van der Waals surface area contributed by atoms with Crippen LogP contribution in [-0.2, 0) is 34.7 Å². The first-order chi connectivity index (χ1) is 26.7. The van der Waals surface area contributed by atoms with Crippen molar-refractivity contribution in [3.05, 3.63) is 118 Å². The highest BCUT2D eigenvalue weighted by Gasteiger charge is 2.46. The predicted octanol–water partition coefficient (Wildman–Crippen LogP) is 5.18. The number of esters is 1. The molecule has 3 aromatic carbocycles. The smallest absolute Gasteiger partial charge is 0.415 e. The highest BCUT2D eigenvalue weighted by atomic mass is 28.3. The molecule has 0 bridgehead atoms. The number of carbonyl (C=O) groups excluding carboxylic acids is 2. The van der Waals surface area contributed by atoms with Crippen LogP contribution in [0.15, 0.2) is 89.7 Å². The molecule has 1 N–H and O–H groups in total. The molecule has 1 atom stereocenters. The number of rotatable bonds is 6. The van der Waals surface area contributed by atoms with Crippen molar-refractivity contribution in [2.24, 2.45) is 0 Å². The van der Waals surface area contributed by atoms with E-state index in [9.17, 15) is 19.5 Å². The minimum absolute atomic E-state index is 0.0874. The molecule has 0 saturated carbocycles. The van der Waals surface area contributed by atoms with Gasteiger partial charge in [-0.2, -0.15) is 0 Å². The number of hydrogen-bond donors (Lipinski definition) is 1. The van der Waals surface area contributed by atoms with Crippen LogP contribution in [0.3, 0.4) is 0 Å². The fraction of sp³-hybridized carbons (Fsp3) is 0.364. The third-order valence-corrected chi connectivity index (χ3v) is 17.9. The SMILES string of the molecule is CCc1c2c(nc3ccc(OC(=O)N4CCC(N5CC[Si](c6ccccc6)(c6ccccc6)CC5)CC4)cc13)-c1cc3c(c(=O)n1C2)COC(=O)C3(O)CC. The Morgan fingerprint density at radius 1 is 0.909 bits per heavy atom. The zero-order valence-corrected chi connectivity index (χ0v) is 32.4. The summed E-state index contributed by atoms with van der Waals surface area (Å²) in [6, 6.07) is 32.4. The normalized spacial score (nSPS) is 20.8. The summed E-state index contributed by atoms with van der Waals surface area (Å²) in [5, 5.41) is 15.2. The van der Waals surface area contributed by atoms with Crippen LogP contribution in [-0.4, -0.2) is 76.8 Å². The number of cyclic esters (lactones) is 1. The van der Waals surface area contributed by atoms with Gasteiger partial charge in [0.25, 0.3) is 5.56 Å². The average Bonchev–Trinajstić information content (AvgIpc) is 3.60. The van der Waals surface area contributed by atoms with Crippen LogP contribution in [0.4, 0.5) is 4.79 Å². The molecule has 11 heteroatoms. The Hall–Kier alpha value is -5.10. The lowest BCUT2D eigenvalue weighted by Gasteiger charge is -2.45. The Kier molecular flexibility index (Phi) is 8.98. The summed E-state index contributed by atoms with van der Waals surface area (Å²) < 4.78 is 12.9. The van der Waals surface area contributed by atoms with Gasteiger partial charge in [0.1, 0.15) is 20.4 Å². The van der Waals surface area contributed by atoms with Crippen molar-refractivity contribution >= 4 is 41.4 Å². The van der Waals surface area contributed by atoms with E-state index in [2.05, 4.69) is 72.5 Å². The standard InChI is InChI=1S/C44H46N4O6Si/c1-3-33-34-25-30(15-16-38(34)45-40-35(33)27-48-39(40)26-37-36(41(48)49)28-53-42(50)44(37,52)4-2)54-43(51)47-19-17-29(18-20-47)46-21-23-55(24-22-46,31-11-7-5-8-12-31)32-13-9-6-10-14-32/h5-16,25-26,29,52H,3-4,17-24,27-28H2,1-2H3. The molecular formula is C44H46N4O6Si. The van der Waals surface area contributed by atoms with E-state index in [1.165, 1.54) is 22.5 Å². The van der Waals surface area contributed by atoms with Gasteiger partial charge in [-0.1, -0.05) is 84.9 Å². The average molecular weight is 755 g/mol. The van der Waals surface area contributed by atoms with Crippen LogP contribution in [0.5, 0.6) is 5.75 Å². The Morgan fingerprint density at radius 3 is 2.22 bits per heavy atom. The summed E-state index contributed by atoms with van der Waals surface area (Å²) in [7, 11) is -1.85. The second kappa shape index (κ2) is 13.9. The van der Waals surface area contributed by atoms with Gasteiger partial charge in [-0.05, 0) is 80.7 Å². The lowest BCUT2D eigenvalue weighted by molar-refractivity contribution is -0.172. The minimum atomic E-state index is -1.88. The molecule has 4 aliphatic heterocycles. The van der Waals surface area contributed by atoms with Crippen LogP contribution >= 0.6 is 0 Å². The maximum Gasteiger partial charge on any atom is 0.415 e. The lowest BCUT2D eigenvalue weighted by atomic mass is 9.86. The van der Waals surface area contributed by atoms with E-state index in [0.717, 1.165) is 42.4 Å². The number of aliphatic hydroxyl groups is 1. The summed E-state index contributed by atoms with van der Waals surface area (Å²) in [5.74, 6) is -0.281. The molecule has 2 fully saturated rings. The molecular weight excluding hydrogens is 709 g/mol. The zero-order valence-electron chi connectivity index (χ0n) is 31.4. The number of hydrogen-bond acceptors (Lipinski definition) is 8. The summed E-state index contributed by atoms with van der Waals surface area (Å²) >= 11 is 0. The number of benzene rings is 3. The van der Waals surface area contributed by atoms with Crippen LogP contribution in [0.25, 0.3) is 22.3 Å². The Morgan fingerprint density at radius 2 is 1.58 bits per heavy atom. The number of aromatic nitrogens is 2. The van der Waals surface area contributed by atoms with Gasteiger partial charge in [-0.15, -0.1) is 0 Å². The minimum Gasteiger partial charge on any atom is -0.458 e. The topological polar surface area (TPSA) is 114 Å². The van der Waals surface area contributed by atoms with Crippen molar-refractivity contribution in [2.45, 2.75) is 76.4 Å². The molecule has 0 spiro atoms. The van der Waals surface area contributed by atoms with E-state index in [-0.39, 0.29) is 24.7 Å². The fourth-order valence-corrected chi connectivity index (χ4v) is 14.5. The Labute approximate surface area is 321 Å². The monoisotopic (exact) mass is 754 g/mol. The molecule has 10 nitrogen and oxygen atoms in total. The molecule has 1 amide bonds. The number of fused-ring (bicyclic) bond motifs is 5. The largest absolute Gasteiger partial charge is 0.458 e. The highest BCUT2D eigenvalue weighted by molar-refractivity contribution is 7.02. The molecule has 5 aromatic rings. The molecule has 1 unspecified atom stereocenters. The third-order valence-electron chi connectivity index (χ3n) is 12.9. The van der Waals surface area contributed by atoms with E-state index in [0.29, 0.717) is 65.9 Å². The fourth-order valence-electron chi connectivity index (χ4n) is 9.72. The van der Waals surface area contributed by atoms with Crippen molar-refractivity contribution in [1.82, 2.24) is 19.4 Å². The van der Waals surface area contributed by atoms with Gasteiger partial charge < -0.3 is 28.9 Å². The first-order valence-corrected chi connectivity index (χ1v) is 22.1. The van der Waals surface area contributed by atoms with Crippen LogP contribution in [0.2, 0.25) is 12.1 Å². The summed E-state index contributed by atoms with van der Waals surface area (Å²) in [5.41, 5.74) is 2.32. The van der Waals surface area contributed by atoms with E-state index in [4.69, 9.17) is 14.5 Å². The molecule has 0 radical (unpaired) electrons. The van der Waals surface area contributed by atoms with Gasteiger partial charge in [0.2, 0.25) is 0 Å². The molecule has 55 heavy (non-hydrogen) atoms. The van der Waals surface area contributed by atoms with E-state index < -0.39 is 19.6 Å². The molecule has 4 aliphatic rings. The number of carbonyl (C=O) groups is 2. The van der Waals surface area contributed by atoms with Crippen molar-refractivity contribution < 1.29 is 24.2 Å². The van der Waals surface area contributed by atoms with Crippen molar-refractivity contribution in [2.75, 3.05) is 26.2 Å². The number of likely N-dealkylation sites (tertiary alicyclic amines) is 1. The van der Waals surface area contributed by atoms with Crippen LogP contribution in [0, 0.1) is 0 Å². The number of ether oxygens (including phenoxy) is 2. The number of aryl methyl sites for hydroxylation is 1. The first kappa shape index (κ1) is 35.6. The maximum absolute atomic E-state index is 13.7. The van der Waals surface area contributed by atoms with Gasteiger partial charge >= 0.3 is 12.1 Å². The van der Waals surface area contributed by atoms with E-state index in [1.54, 1.807) is 23.6 Å². The maximum atomic E-state index is 13.7. The van der Waals surface area contributed by atoms with Crippen molar-refractivity contribution in [3.8, 4) is 17.1 Å². The molecule has 282 valence electrons. The van der Waals surface area contributed by atoms with Gasteiger partial charge in [-0.3, -0.25) is 4.79 Å². The second-order valence-corrected chi connectivity index (χ2v) is 19.8. The molecule has 2 aromatic heterocycles. The van der Waals surface area contributed by atoms with Crippen molar-refractivity contribution in [1.29, 1.82) is 0 Å². The lowest BCUT2D eigenvalue weighted by Crippen LogP contribution is -2.64. The quantitative estimate of drug-likeness (QED) is 0.183. The summed E-state index contributed by atoms with van der Waals surface area (Å²) in [4.78, 5) is 49.3. The molecule has 2 saturated heterocycles. The summed E-state index contributed by atoms with van der Waals surface area (Å²) in [6.07, 6.45) is 2.27. The van der Waals surface area contributed by atoms with Gasteiger partial charge in [-0.25, -0.2) is 14.6 Å². The van der Waals surface area contributed by atoms with Crippen molar-refractivity contribution in [3.63, 3.8) is 0 Å². The predicted molar refractivity (Wildman–Crippen MR) is 214 cm³/mol. The number of piperidine rings is 1. The second-order valence-electron chi connectivity index (χ2n) is 15.5. The van der Waals surface area contributed by atoms with Crippen LogP contribution in [0.1, 0.15) is 55.4 Å². The van der Waals surface area contributed by atoms with E-state index >= 15 is 0 Å². The molecule has 0 aliphatic carbocycles. The first-order valence-electron chi connectivity index (χ1n) is 19.7. The molecule has 6 heterocycles. The third kappa shape index (κ3) is 5.82. The van der Waals surface area contributed by atoms with Crippen LogP contribution < -0.4 is 20.7 Å². The Balaban J connectivity index is 0.889. The van der Waals surface area contributed by atoms with Gasteiger partial charge in [0, 0.05) is 35.6 Å². The van der Waals surface area contributed by atoms with Gasteiger partial charge in [0.15, 0.2) is 5.60 Å². The van der Waals surface area contributed by atoms with E-state index in [1.807, 2.05) is 17.0 Å². The Bertz CT molecular complexity index is 2330.